The molecule has 0 atom stereocenters. The van der Waals surface area contributed by atoms with E-state index in [1.165, 1.54) is 0 Å². The van der Waals surface area contributed by atoms with E-state index in [1.54, 1.807) is 0 Å². The Labute approximate surface area is 141 Å². The highest BCUT2D eigenvalue weighted by Gasteiger charge is 2.10. The number of benzene rings is 2. The first-order valence-corrected chi connectivity index (χ1v) is 8.38. The van der Waals surface area contributed by atoms with Crippen LogP contribution in [-0.2, 0) is 6.42 Å². The van der Waals surface area contributed by atoms with Crippen LogP contribution in [0.25, 0.3) is 0 Å². The van der Waals surface area contributed by atoms with E-state index in [4.69, 9.17) is 4.74 Å². The molecular formula is C17H16Br2O2. The second-order valence-electron chi connectivity index (χ2n) is 4.72. The minimum atomic E-state index is 0.0934. The zero-order valence-electron chi connectivity index (χ0n) is 11.7. The van der Waals surface area contributed by atoms with Crippen LogP contribution < -0.4 is 4.74 Å². The molecule has 2 rings (SSSR count). The number of hydrogen-bond donors (Lipinski definition) is 0. The van der Waals surface area contributed by atoms with E-state index in [2.05, 4.69) is 38.8 Å². The van der Waals surface area contributed by atoms with Crippen molar-refractivity contribution in [2.24, 2.45) is 0 Å². The molecule has 21 heavy (non-hydrogen) atoms. The summed E-state index contributed by atoms with van der Waals surface area (Å²) in [5.74, 6) is 0.867. The number of carbonyl (C=O) groups is 1. The van der Waals surface area contributed by atoms with Crippen LogP contribution in [-0.4, -0.2) is 12.4 Å². The molecule has 0 saturated carbocycles. The van der Waals surface area contributed by atoms with E-state index in [9.17, 15) is 4.79 Å². The van der Waals surface area contributed by atoms with Gasteiger partial charge in [-0.15, -0.1) is 0 Å². The Bertz CT molecular complexity index is 638. The molecule has 0 aliphatic heterocycles. The third-order valence-electron chi connectivity index (χ3n) is 2.97. The van der Waals surface area contributed by atoms with Crippen molar-refractivity contribution in [3.8, 4) is 5.75 Å². The molecule has 0 saturated heterocycles. The summed E-state index contributed by atoms with van der Waals surface area (Å²) in [5.41, 5.74) is 1.68. The van der Waals surface area contributed by atoms with Gasteiger partial charge in [-0.1, -0.05) is 35.0 Å². The Balaban J connectivity index is 2.11. The average molecular weight is 412 g/mol. The molecule has 2 nitrogen and oxygen atoms in total. The van der Waals surface area contributed by atoms with E-state index >= 15 is 0 Å². The van der Waals surface area contributed by atoms with E-state index in [0.29, 0.717) is 18.6 Å². The topological polar surface area (TPSA) is 26.3 Å². The van der Waals surface area contributed by atoms with Crippen LogP contribution in [0.5, 0.6) is 5.75 Å². The number of hydrogen-bond acceptors (Lipinski definition) is 2. The van der Waals surface area contributed by atoms with Gasteiger partial charge in [-0.3, -0.25) is 4.79 Å². The van der Waals surface area contributed by atoms with Crippen molar-refractivity contribution in [2.75, 3.05) is 6.61 Å². The van der Waals surface area contributed by atoms with E-state index < -0.39 is 0 Å². The van der Waals surface area contributed by atoms with Crippen LogP contribution >= 0.6 is 31.9 Å². The lowest BCUT2D eigenvalue weighted by Crippen LogP contribution is -2.04. The van der Waals surface area contributed by atoms with E-state index in [-0.39, 0.29) is 5.78 Å². The second kappa shape index (κ2) is 7.76. The summed E-state index contributed by atoms with van der Waals surface area (Å²) in [6.45, 7) is 2.73. The molecule has 2 aromatic rings. The molecule has 0 unspecified atom stereocenters. The number of Topliss-reactive ketones (excluding diaryl/α,β-unsaturated/α-hetero) is 1. The molecule has 0 aliphatic rings. The molecule has 110 valence electrons. The summed E-state index contributed by atoms with van der Waals surface area (Å²) < 4.78 is 7.39. The van der Waals surface area contributed by atoms with Crippen molar-refractivity contribution in [3.63, 3.8) is 0 Å². The van der Waals surface area contributed by atoms with Crippen molar-refractivity contribution < 1.29 is 9.53 Å². The van der Waals surface area contributed by atoms with Crippen molar-refractivity contribution in [2.45, 2.75) is 19.8 Å². The van der Waals surface area contributed by atoms with Gasteiger partial charge < -0.3 is 4.74 Å². The minimum Gasteiger partial charge on any atom is -0.492 e. The van der Waals surface area contributed by atoms with Gasteiger partial charge in [0.2, 0.25) is 0 Å². The summed E-state index contributed by atoms with van der Waals surface area (Å²) >= 11 is 6.88. The van der Waals surface area contributed by atoms with Crippen LogP contribution in [0.3, 0.4) is 0 Å². The number of ether oxygens (including phenoxy) is 1. The van der Waals surface area contributed by atoms with Crippen LogP contribution in [0.1, 0.15) is 29.3 Å². The van der Waals surface area contributed by atoms with Crippen molar-refractivity contribution >= 4 is 37.6 Å². The Kier molecular flexibility index (Phi) is 6.00. The molecule has 0 spiro atoms. The van der Waals surface area contributed by atoms with Gasteiger partial charge in [0.1, 0.15) is 5.75 Å². The van der Waals surface area contributed by atoms with Crippen LogP contribution in [0, 0.1) is 0 Å². The smallest absolute Gasteiger partial charge is 0.167 e. The van der Waals surface area contributed by atoms with Crippen molar-refractivity contribution in [1.82, 2.24) is 0 Å². The lowest BCUT2D eigenvalue weighted by Gasteiger charge is -2.08. The molecule has 0 radical (unpaired) electrons. The van der Waals surface area contributed by atoms with Gasteiger partial charge in [-0.2, -0.15) is 0 Å². The van der Waals surface area contributed by atoms with Gasteiger partial charge in [-0.05, 0) is 58.2 Å². The summed E-state index contributed by atoms with van der Waals surface area (Å²) in [4.78, 5) is 12.3. The minimum absolute atomic E-state index is 0.0934. The Morgan fingerprint density at radius 3 is 2.62 bits per heavy atom. The molecule has 0 bridgehead atoms. The first-order valence-electron chi connectivity index (χ1n) is 6.80. The monoisotopic (exact) mass is 410 g/mol. The quantitative estimate of drug-likeness (QED) is 0.592. The lowest BCUT2D eigenvalue weighted by atomic mass is 10.0. The number of rotatable bonds is 6. The third-order valence-corrected chi connectivity index (χ3v) is 4.08. The maximum absolute atomic E-state index is 12.3. The second-order valence-corrected chi connectivity index (χ2v) is 6.49. The first-order chi connectivity index (χ1) is 10.1. The Morgan fingerprint density at radius 1 is 1.14 bits per heavy atom. The number of halogens is 2. The molecule has 0 amide bonds. The standard InChI is InChI=1S/C17H16Br2O2/c1-2-8-21-17-7-6-13(11-15(17)19)16(20)10-12-4-3-5-14(18)9-12/h3-7,9,11H,2,8,10H2,1H3. The summed E-state index contributed by atoms with van der Waals surface area (Å²) in [7, 11) is 0. The van der Waals surface area contributed by atoms with E-state index in [0.717, 1.165) is 26.7 Å². The fourth-order valence-electron chi connectivity index (χ4n) is 1.94. The predicted molar refractivity (Wildman–Crippen MR) is 92.1 cm³/mol. The van der Waals surface area contributed by atoms with Gasteiger partial charge in [0.15, 0.2) is 5.78 Å². The molecule has 0 aliphatic carbocycles. The normalized spacial score (nSPS) is 10.4. The molecule has 4 heteroatoms. The Morgan fingerprint density at radius 2 is 1.95 bits per heavy atom. The highest BCUT2D eigenvalue weighted by Crippen LogP contribution is 2.27. The van der Waals surface area contributed by atoms with Crippen LogP contribution in [0.2, 0.25) is 0 Å². The summed E-state index contributed by atoms with van der Waals surface area (Å²) in [6, 6.07) is 13.3. The van der Waals surface area contributed by atoms with Crippen LogP contribution in [0.4, 0.5) is 0 Å². The van der Waals surface area contributed by atoms with Gasteiger partial charge in [0.25, 0.3) is 0 Å². The molecule has 0 heterocycles. The van der Waals surface area contributed by atoms with Crippen molar-refractivity contribution in [3.05, 3.63) is 62.5 Å². The molecular weight excluding hydrogens is 396 g/mol. The third kappa shape index (κ3) is 4.68. The predicted octanol–water partition coefficient (Wildman–Crippen LogP) is 5.43. The maximum atomic E-state index is 12.3. The molecule has 0 N–H and O–H groups in total. The summed E-state index contributed by atoms with van der Waals surface area (Å²) in [6.07, 6.45) is 1.34. The maximum Gasteiger partial charge on any atom is 0.167 e. The van der Waals surface area contributed by atoms with Gasteiger partial charge in [0, 0.05) is 16.5 Å². The number of carbonyl (C=O) groups excluding carboxylic acids is 1. The SMILES string of the molecule is CCCOc1ccc(C(=O)Cc2cccc(Br)c2)cc1Br. The van der Waals surface area contributed by atoms with Crippen LogP contribution in [0.15, 0.2) is 51.4 Å². The van der Waals surface area contributed by atoms with Gasteiger partial charge in [-0.25, -0.2) is 0 Å². The van der Waals surface area contributed by atoms with Gasteiger partial charge >= 0.3 is 0 Å². The number of ketones is 1. The lowest BCUT2D eigenvalue weighted by molar-refractivity contribution is 0.0993. The average Bonchev–Trinajstić information content (AvgIpc) is 2.46. The zero-order chi connectivity index (χ0) is 15.2. The fourth-order valence-corrected chi connectivity index (χ4v) is 2.88. The molecule has 0 fully saturated rings. The summed E-state index contributed by atoms with van der Waals surface area (Å²) in [5, 5.41) is 0. The molecule has 0 aromatic heterocycles. The molecule has 2 aromatic carbocycles. The van der Waals surface area contributed by atoms with Crippen molar-refractivity contribution in [1.29, 1.82) is 0 Å². The zero-order valence-corrected chi connectivity index (χ0v) is 14.9. The highest BCUT2D eigenvalue weighted by molar-refractivity contribution is 9.10. The Hall–Kier alpha value is -1.13. The fraction of sp³-hybridized carbons (Fsp3) is 0.235. The van der Waals surface area contributed by atoms with Gasteiger partial charge in [0.05, 0.1) is 11.1 Å². The highest BCUT2D eigenvalue weighted by atomic mass is 79.9. The largest absolute Gasteiger partial charge is 0.492 e. The van der Waals surface area contributed by atoms with E-state index in [1.807, 2.05) is 42.5 Å². The first kappa shape index (κ1) is 16.2.